The molecule has 101 valence electrons. The van der Waals surface area contributed by atoms with Crippen LogP contribution in [0, 0.1) is 36.0 Å². The summed E-state index contributed by atoms with van der Waals surface area (Å²) in [5, 5.41) is 0. The fourth-order valence-corrected chi connectivity index (χ4v) is 6.05. The van der Waals surface area contributed by atoms with Crippen molar-refractivity contribution in [1.82, 2.24) is 4.90 Å². The normalized spacial score (nSPS) is 56.0. The van der Waals surface area contributed by atoms with Crippen LogP contribution in [0.1, 0.15) is 51.9 Å². The van der Waals surface area contributed by atoms with Crippen molar-refractivity contribution in [3.63, 3.8) is 0 Å². The molecule has 4 fully saturated rings. The molecule has 0 N–H and O–H groups in total. The van der Waals surface area contributed by atoms with Gasteiger partial charge < -0.3 is 0 Å². The predicted molar refractivity (Wildman–Crippen MR) is 75.1 cm³/mol. The van der Waals surface area contributed by atoms with Crippen LogP contribution in [0.2, 0.25) is 0 Å². The summed E-state index contributed by atoms with van der Waals surface area (Å²) in [4.78, 5) is 2.83. The summed E-state index contributed by atoms with van der Waals surface area (Å²) in [5.74, 6) is 4.95. The Balaban J connectivity index is 1.61. The summed E-state index contributed by atoms with van der Waals surface area (Å²) >= 11 is 0. The predicted octanol–water partition coefficient (Wildman–Crippen LogP) is 3.75. The molecular formula is C17H28N. The molecule has 4 rings (SSSR count). The lowest BCUT2D eigenvalue weighted by Crippen LogP contribution is -2.40. The average molecular weight is 246 g/mol. The molecule has 1 heteroatoms. The summed E-state index contributed by atoms with van der Waals surface area (Å²) in [5.41, 5.74) is 0. The summed E-state index contributed by atoms with van der Waals surface area (Å²) in [6.07, 6.45) is 13.3. The van der Waals surface area contributed by atoms with Crippen molar-refractivity contribution in [1.29, 1.82) is 0 Å². The van der Waals surface area contributed by atoms with Gasteiger partial charge in [0.15, 0.2) is 0 Å². The molecule has 0 spiro atoms. The molecular weight excluding hydrogens is 218 g/mol. The SMILES string of the molecule is CC1CCC2C(C1)C1[CH]C3CCCCC3C1N2C. The molecule has 3 saturated carbocycles. The Morgan fingerprint density at radius 3 is 2.72 bits per heavy atom. The average Bonchev–Trinajstić information content (AvgIpc) is 2.87. The van der Waals surface area contributed by atoms with Crippen molar-refractivity contribution in [2.45, 2.75) is 64.0 Å². The second kappa shape index (κ2) is 4.23. The fraction of sp³-hybridized carbons (Fsp3) is 0.941. The van der Waals surface area contributed by atoms with E-state index in [1.165, 1.54) is 44.9 Å². The Kier molecular flexibility index (Phi) is 2.76. The van der Waals surface area contributed by atoms with Crippen LogP contribution in [0.25, 0.3) is 0 Å². The summed E-state index contributed by atoms with van der Waals surface area (Å²) in [6, 6.07) is 1.85. The van der Waals surface area contributed by atoms with E-state index in [-0.39, 0.29) is 0 Å². The molecule has 0 aromatic carbocycles. The topological polar surface area (TPSA) is 3.24 Å². The molecule has 1 saturated heterocycles. The minimum atomic E-state index is 0.926. The molecule has 4 aliphatic rings. The molecule has 0 bridgehead atoms. The third kappa shape index (κ3) is 1.55. The van der Waals surface area contributed by atoms with Gasteiger partial charge in [-0.15, -0.1) is 0 Å². The highest BCUT2D eigenvalue weighted by Crippen LogP contribution is 2.57. The quantitative estimate of drug-likeness (QED) is 0.629. The number of hydrogen-bond acceptors (Lipinski definition) is 1. The van der Waals surface area contributed by atoms with E-state index in [1.807, 2.05) is 0 Å². The molecule has 0 aromatic heterocycles. The minimum absolute atomic E-state index is 0.926. The zero-order chi connectivity index (χ0) is 12.3. The molecule has 7 unspecified atom stereocenters. The molecule has 18 heavy (non-hydrogen) atoms. The molecule has 1 aliphatic heterocycles. The Morgan fingerprint density at radius 2 is 1.83 bits per heavy atom. The van der Waals surface area contributed by atoms with Crippen LogP contribution in [0.5, 0.6) is 0 Å². The molecule has 1 radical (unpaired) electrons. The Morgan fingerprint density at radius 1 is 1.00 bits per heavy atom. The molecule has 7 atom stereocenters. The van der Waals surface area contributed by atoms with Crippen LogP contribution >= 0.6 is 0 Å². The summed E-state index contributed by atoms with van der Waals surface area (Å²) < 4.78 is 0. The molecule has 0 aromatic rings. The van der Waals surface area contributed by atoms with Gasteiger partial charge in [-0.3, -0.25) is 4.90 Å². The third-order valence-corrected chi connectivity index (χ3v) is 6.79. The second-order valence-corrected chi connectivity index (χ2v) is 7.69. The first-order valence-electron chi connectivity index (χ1n) is 8.32. The Labute approximate surface area is 112 Å². The second-order valence-electron chi connectivity index (χ2n) is 7.69. The maximum atomic E-state index is 2.83. The van der Waals surface area contributed by atoms with Crippen LogP contribution in [0.4, 0.5) is 0 Å². The van der Waals surface area contributed by atoms with Crippen LogP contribution in [-0.2, 0) is 0 Å². The first kappa shape index (κ1) is 11.8. The third-order valence-electron chi connectivity index (χ3n) is 6.79. The van der Waals surface area contributed by atoms with E-state index >= 15 is 0 Å². The van der Waals surface area contributed by atoms with E-state index in [2.05, 4.69) is 25.3 Å². The largest absolute Gasteiger partial charge is 0.300 e. The first-order valence-corrected chi connectivity index (χ1v) is 8.32. The van der Waals surface area contributed by atoms with Gasteiger partial charge in [-0.2, -0.15) is 0 Å². The molecule has 3 aliphatic carbocycles. The number of nitrogens with zero attached hydrogens (tertiary/aromatic N) is 1. The van der Waals surface area contributed by atoms with Crippen molar-refractivity contribution in [2.24, 2.45) is 29.6 Å². The molecule has 1 nitrogen and oxygen atoms in total. The standard InChI is InChI=1S/C17H28N/c1-11-7-8-16-14(9-11)15-10-12-5-3-4-6-13(12)17(15)18(16)2/h10-17H,3-9H2,1-2H3. The van der Waals surface area contributed by atoms with E-state index in [1.54, 1.807) is 0 Å². The Hall–Kier alpha value is -0.0400. The van der Waals surface area contributed by atoms with Gasteiger partial charge in [0, 0.05) is 12.1 Å². The van der Waals surface area contributed by atoms with E-state index in [9.17, 15) is 0 Å². The number of likely N-dealkylation sites (tertiary alicyclic amines) is 1. The van der Waals surface area contributed by atoms with Crippen molar-refractivity contribution < 1.29 is 0 Å². The minimum Gasteiger partial charge on any atom is -0.300 e. The molecule has 1 heterocycles. The maximum Gasteiger partial charge on any atom is 0.0161 e. The van der Waals surface area contributed by atoms with Crippen molar-refractivity contribution in [3.05, 3.63) is 6.42 Å². The van der Waals surface area contributed by atoms with Crippen molar-refractivity contribution >= 4 is 0 Å². The highest BCUT2D eigenvalue weighted by Gasteiger charge is 2.56. The lowest BCUT2D eigenvalue weighted by Gasteiger charge is -2.38. The zero-order valence-electron chi connectivity index (χ0n) is 12.0. The monoisotopic (exact) mass is 246 g/mol. The van der Waals surface area contributed by atoms with Crippen LogP contribution < -0.4 is 0 Å². The smallest absolute Gasteiger partial charge is 0.0161 e. The van der Waals surface area contributed by atoms with Crippen molar-refractivity contribution in [2.75, 3.05) is 7.05 Å². The van der Waals surface area contributed by atoms with Crippen LogP contribution in [-0.4, -0.2) is 24.0 Å². The van der Waals surface area contributed by atoms with Crippen LogP contribution in [0.3, 0.4) is 0 Å². The number of hydrogen-bond donors (Lipinski definition) is 0. The van der Waals surface area contributed by atoms with Gasteiger partial charge in [-0.1, -0.05) is 19.8 Å². The van der Waals surface area contributed by atoms with Gasteiger partial charge in [0.1, 0.15) is 0 Å². The van der Waals surface area contributed by atoms with Crippen molar-refractivity contribution in [3.8, 4) is 0 Å². The van der Waals surface area contributed by atoms with Gasteiger partial charge in [0.2, 0.25) is 0 Å². The highest BCUT2D eigenvalue weighted by molar-refractivity contribution is 5.15. The van der Waals surface area contributed by atoms with Gasteiger partial charge in [0.05, 0.1) is 0 Å². The van der Waals surface area contributed by atoms with Crippen LogP contribution in [0.15, 0.2) is 0 Å². The molecule has 0 amide bonds. The van der Waals surface area contributed by atoms with E-state index in [0.29, 0.717) is 0 Å². The van der Waals surface area contributed by atoms with E-state index < -0.39 is 0 Å². The Bertz CT molecular complexity index is 326. The summed E-state index contributed by atoms with van der Waals surface area (Å²) in [6.45, 7) is 2.48. The lowest BCUT2D eigenvalue weighted by molar-refractivity contribution is 0.116. The van der Waals surface area contributed by atoms with Gasteiger partial charge in [0.25, 0.3) is 0 Å². The fourth-order valence-electron chi connectivity index (χ4n) is 6.05. The highest BCUT2D eigenvalue weighted by atomic mass is 15.2. The number of rotatable bonds is 0. The van der Waals surface area contributed by atoms with E-state index in [0.717, 1.165) is 41.7 Å². The first-order chi connectivity index (χ1) is 8.75. The number of fused-ring (bicyclic) bond motifs is 5. The zero-order valence-corrected chi connectivity index (χ0v) is 12.0. The van der Waals surface area contributed by atoms with Gasteiger partial charge >= 0.3 is 0 Å². The van der Waals surface area contributed by atoms with Gasteiger partial charge in [-0.25, -0.2) is 0 Å². The van der Waals surface area contributed by atoms with E-state index in [4.69, 9.17) is 0 Å². The van der Waals surface area contributed by atoms with Gasteiger partial charge in [-0.05, 0) is 75.2 Å². The summed E-state index contributed by atoms with van der Waals surface area (Å²) in [7, 11) is 2.45. The maximum absolute atomic E-state index is 2.83. The lowest BCUT2D eigenvalue weighted by atomic mass is 9.74.